The number of hydrogen-bond donors (Lipinski definition) is 0. The highest BCUT2D eigenvalue weighted by atomic mass is 19.1. The summed E-state index contributed by atoms with van der Waals surface area (Å²) in [6.07, 6.45) is 0. The van der Waals surface area contributed by atoms with Crippen LogP contribution in [-0.4, -0.2) is 34.2 Å². The quantitative estimate of drug-likeness (QED) is 0.448. The molecular formula is C19H19FN4O4. The highest BCUT2D eigenvalue weighted by Crippen LogP contribution is 2.26. The molecule has 0 fully saturated rings. The zero-order valence-corrected chi connectivity index (χ0v) is 15.6. The first kappa shape index (κ1) is 19.4. The third kappa shape index (κ3) is 4.15. The second kappa shape index (κ2) is 8.13. The van der Waals surface area contributed by atoms with E-state index in [0.717, 1.165) is 5.56 Å². The third-order valence-electron chi connectivity index (χ3n) is 4.43. The molecule has 3 aromatic rings. The molecular weight excluding hydrogens is 367 g/mol. The van der Waals surface area contributed by atoms with Gasteiger partial charge in [-0.25, -0.2) is 4.39 Å². The summed E-state index contributed by atoms with van der Waals surface area (Å²) in [6, 6.07) is 10.5. The molecule has 1 aromatic heterocycles. The molecule has 0 aliphatic rings. The first-order valence-electron chi connectivity index (χ1n) is 8.50. The number of hydrogen-bond acceptors (Lipinski definition) is 7. The Labute approximate surface area is 160 Å². The van der Waals surface area contributed by atoms with Gasteiger partial charge in [-0.2, -0.15) is 0 Å². The van der Waals surface area contributed by atoms with Gasteiger partial charge in [0.25, 0.3) is 5.69 Å². The molecule has 0 saturated carbocycles. The van der Waals surface area contributed by atoms with E-state index in [0.29, 0.717) is 18.0 Å². The van der Waals surface area contributed by atoms with Gasteiger partial charge in [0.2, 0.25) is 11.8 Å². The molecule has 0 spiro atoms. The maximum atomic E-state index is 13.9. The summed E-state index contributed by atoms with van der Waals surface area (Å²) in [7, 11) is 3.28. The lowest BCUT2D eigenvalue weighted by atomic mass is 10.1. The smallest absolute Gasteiger partial charge is 0.269 e. The average Bonchev–Trinajstić information content (AvgIpc) is 3.17. The number of nitrogens with zero attached hydrogens (tertiary/aromatic N) is 4. The molecule has 0 aliphatic heterocycles. The van der Waals surface area contributed by atoms with E-state index in [1.807, 2.05) is 18.9 Å². The van der Waals surface area contributed by atoms with Gasteiger partial charge in [-0.1, -0.05) is 6.07 Å². The van der Waals surface area contributed by atoms with E-state index in [2.05, 4.69) is 10.2 Å². The van der Waals surface area contributed by atoms with Crippen molar-refractivity contribution in [2.24, 2.45) is 0 Å². The average molecular weight is 386 g/mol. The Balaban J connectivity index is 1.71. The monoisotopic (exact) mass is 386 g/mol. The van der Waals surface area contributed by atoms with E-state index >= 15 is 0 Å². The van der Waals surface area contributed by atoms with Crippen LogP contribution < -0.4 is 4.74 Å². The van der Waals surface area contributed by atoms with Gasteiger partial charge in [-0.3, -0.25) is 15.0 Å². The van der Waals surface area contributed by atoms with Gasteiger partial charge < -0.3 is 9.15 Å². The topological polar surface area (TPSA) is 94.5 Å². The molecule has 0 N–H and O–H groups in total. The lowest BCUT2D eigenvalue weighted by Crippen LogP contribution is -2.22. The van der Waals surface area contributed by atoms with Gasteiger partial charge in [0.1, 0.15) is 0 Å². The van der Waals surface area contributed by atoms with Crippen LogP contribution in [-0.2, 0) is 6.54 Å². The predicted molar refractivity (Wildman–Crippen MR) is 99.2 cm³/mol. The Hall–Kier alpha value is -3.33. The molecule has 9 heteroatoms. The number of aromatic nitrogens is 2. The lowest BCUT2D eigenvalue weighted by Gasteiger charge is -2.21. The number of methoxy groups -OCH3 is 1. The summed E-state index contributed by atoms with van der Waals surface area (Å²) in [5, 5.41) is 18.8. The summed E-state index contributed by atoms with van der Waals surface area (Å²) in [4.78, 5) is 12.2. The largest absolute Gasteiger partial charge is 0.494 e. The fourth-order valence-electron chi connectivity index (χ4n) is 2.67. The predicted octanol–water partition coefficient (Wildman–Crippen LogP) is 3.99. The Morgan fingerprint density at radius 2 is 1.96 bits per heavy atom. The standard InChI is InChI=1S/C19H19FN4O4/c1-12(23(2)11-13-4-9-17(27-3)16(20)10-13)18-21-22-19(28-18)14-5-7-15(8-6-14)24(25)26/h4-10,12H,11H2,1-3H3/t12-/m1/s1. The fraction of sp³-hybridized carbons (Fsp3) is 0.263. The maximum absolute atomic E-state index is 13.9. The molecule has 1 heterocycles. The van der Waals surface area contributed by atoms with E-state index in [4.69, 9.17) is 9.15 Å². The SMILES string of the molecule is COc1ccc(CN(C)[C@H](C)c2nnc(-c3ccc([N+](=O)[O-])cc3)o2)cc1F. The van der Waals surface area contributed by atoms with Crippen LogP contribution in [0.15, 0.2) is 46.9 Å². The Kier molecular flexibility index (Phi) is 5.65. The maximum Gasteiger partial charge on any atom is 0.269 e. The number of nitro benzene ring substituents is 1. The van der Waals surface area contributed by atoms with Crippen LogP contribution in [0.2, 0.25) is 0 Å². The Morgan fingerprint density at radius 1 is 1.25 bits per heavy atom. The van der Waals surface area contributed by atoms with E-state index in [1.165, 1.54) is 25.3 Å². The van der Waals surface area contributed by atoms with E-state index < -0.39 is 10.7 Å². The van der Waals surface area contributed by atoms with Crippen molar-refractivity contribution in [3.8, 4) is 17.2 Å². The van der Waals surface area contributed by atoms with E-state index in [9.17, 15) is 14.5 Å². The summed E-state index contributed by atoms with van der Waals surface area (Å²) in [5.74, 6) is 0.453. The minimum atomic E-state index is -0.470. The van der Waals surface area contributed by atoms with Crippen molar-refractivity contribution in [1.29, 1.82) is 0 Å². The van der Waals surface area contributed by atoms with Crippen molar-refractivity contribution < 1.29 is 18.5 Å². The molecule has 146 valence electrons. The molecule has 2 aromatic carbocycles. The molecule has 0 bridgehead atoms. The van der Waals surface area contributed by atoms with Crippen molar-refractivity contribution in [2.45, 2.75) is 19.5 Å². The Morgan fingerprint density at radius 3 is 2.57 bits per heavy atom. The van der Waals surface area contributed by atoms with Crippen molar-refractivity contribution in [2.75, 3.05) is 14.2 Å². The zero-order valence-electron chi connectivity index (χ0n) is 15.6. The number of ether oxygens (including phenoxy) is 1. The number of benzene rings is 2. The first-order chi connectivity index (χ1) is 13.4. The second-order valence-electron chi connectivity index (χ2n) is 6.31. The van der Waals surface area contributed by atoms with Crippen LogP contribution in [0.1, 0.15) is 24.4 Å². The van der Waals surface area contributed by atoms with Crippen molar-refractivity contribution in [3.63, 3.8) is 0 Å². The molecule has 0 amide bonds. The van der Waals surface area contributed by atoms with Gasteiger partial charge in [-0.05, 0) is 43.8 Å². The molecule has 0 saturated heterocycles. The minimum Gasteiger partial charge on any atom is -0.494 e. The molecule has 0 unspecified atom stereocenters. The van der Waals surface area contributed by atoms with Crippen LogP contribution in [0.25, 0.3) is 11.5 Å². The van der Waals surface area contributed by atoms with Gasteiger partial charge in [0.05, 0.1) is 18.1 Å². The molecule has 8 nitrogen and oxygen atoms in total. The van der Waals surface area contributed by atoms with E-state index in [-0.39, 0.29) is 23.4 Å². The number of nitro groups is 1. The number of rotatable bonds is 7. The zero-order chi connectivity index (χ0) is 20.3. The minimum absolute atomic E-state index is 0.0108. The van der Waals surface area contributed by atoms with Gasteiger partial charge in [0.15, 0.2) is 11.6 Å². The fourth-order valence-corrected chi connectivity index (χ4v) is 2.67. The Bertz CT molecular complexity index is 974. The van der Waals surface area contributed by atoms with E-state index in [1.54, 1.807) is 24.3 Å². The molecule has 3 rings (SSSR count). The van der Waals surface area contributed by atoms with Crippen molar-refractivity contribution in [3.05, 3.63) is 69.9 Å². The third-order valence-corrected chi connectivity index (χ3v) is 4.43. The highest BCUT2D eigenvalue weighted by Gasteiger charge is 2.20. The second-order valence-corrected chi connectivity index (χ2v) is 6.31. The van der Waals surface area contributed by atoms with Crippen molar-refractivity contribution >= 4 is 5.69 Å². The van der Waals surface area contributed by atoms with Gasteiger partial charge in [0, 0.05) is 24.2 Å². The summed E-state index contributed by atoms with van der Waals surface area (Å²) in [5.41, 5.74) is 1.36. The van der Waals surface area contributed by atoms with Gasteiger partial charge >= 0.3 is 0 Å². The normalized spacial score (nSPS) is 12.2. The van der Waals surface area contributed by atoms with Crippen LogP contribution >= 0.6 is 0 Å². The summed E-state index contributed by atoms with van der Waals surface area (Å²) >= 11 is 0. The molecule has 1 atom stereocenters. The summed E-state index contributed by atoms with van der Waals surface area (Å²) < 4.78 is 24.5. The molecule has 28 heavy (non-hydrogen) atoms. The van der Waals surface area contributed by atoms with Crippen LogP contribution in [0, 0.1) is 15.9 Å². The van der Waals surface area contributed by atoms with Crippen LogP contribution in [0.3, 0.4) is 0 Å². The highest BCUT2D eigenvalue weighted by molar-refractivity contribution is 5.55. The summed E-state index contributed by atoms with van der Waals surface area (Å²) in [6.45, 7) is 2.37. The van der Waals surface area contributed by atoms with Gasteiger partial charge in [-0.15, -0.1) is 10.2 Å². The molecule has 0 radical (unpaired) electrons. The molecule has 0 aliphatic carbocycles. The lowest BCUT2D eigenvalue weighted by molar-refractivity contribution is -0.384. The number of non-ortho nitro benzene ring substituents is 1. The first-order valence-corrected chi connectivity index (χ1v) is 8.50. The van der Waals surface area contributed by atoms with Crippen LogP contribution in [0.4, 0.5) is 10.1 Å². The number of halogens is 1. The van der Waals surface area contributed by atoms with Crippen molar-refractivity contribution in [1.82, 2.24) is 15.1 Å². The van der Waals surface area contributed by atoms with Crippen LogP contribution in [0.5, 0.6) is 5.75 Å².